The summed E-state index contributed by atoms with van der Waals surface area (Å²) in [7, 11) is -9.90. The molecular weight excluding hydrogens is 1130 g/mol. The number of hydrogen-bond donors (Lipinski definition) is 3. The summed E-state index contributed by atoms with van der Waals surface area (Å²) in [4.78, 5) is 72.1. The lowest BCUT2D eigenvalue weighted by Gasteiger charge is -2.21. The number of aliphatic hydroxyl groups excluding tert-OH is 1. The first-order valence-electron chi connectivity index (χ1n) is 33.8. The highest BCUT2D eigenvalue weighted by Gasteiger charge is 2.30. The number of phosphoric acid groups is 2. The first-order valence-corrected chi connectivity index (χ1v) is 36.8. The van der Waals surface area contributed by atoms with Crippen molar-refractivity contribution in [2.45, 2.75) is 323 Å². The second kappa shape index (κ2) is 57.9. The Morgan fingerprint density at radius 1 is 0.388 bits per heavy atom. The number of ether oxygens (including phenoxy) is 4. The van der Waals surface area contributed by atoms with Crippen LogP contribution < -0.4 is 0 Å². The minimum absolute atomic E-state index is 0.0845. The monoisotopic (exact) mass is 1250 g/mol. The van der Waals surface area contributed by atoms with Gasteiger partial charge in [-0.3, -0.25) is 37.3 Å². The van der Waals surface area contributed by atoms with E-state index >= 15 is 0 Å². The molecule has 500 valence electrons. The summed E-state index contributed by atoms with van der Waals surface area (Å²) in [6.07, 6.45) is 44.2. The van der Waals surface area contributed by atoms with Gasteiger partial charge in [-0.1, -0.05) is 252 Å². The first-order chi connectivity index (χ1) is 40.9. The Morgan fingerprint density at radius 3 is 1.06 bits per heavy atom. The Morgan fingerprint density at radius 2 is 0.694 bits per heavy atom. The van der Waals surface area contributed by atoms with E-state index in [1.807, 2.05) is 0 Å². The van der Waals surface area contributed by atoms with E-state index in [1.54, 1.807) is 0 Å². The van der Waals surface area contributed by atoms with Crippen LogP contribution in [-0.4, -0.2) is 96.7 Å². The molecule has 0 heterocycles. The summed E-state index contributed by atoms with van der Waals surface area (Å²) < 4.78 is 67.8. The van der Waals surface area contributed by atoms with Crippen molar-refractivity contribution >= 4 is 39.5 Å². The van der Waals surface area contributed by atoms with E-state index in [0.29, 0.717) is 25.7 Å². The lowest BCUT2D eigenvalue weighted by molar-refractivity contribution is -0.161. The number of hydrogen-bond acceptors (Lipinski definition) is 15. The molecule has 0 aliphatic heterocycles. The summed E-state index contributed by atoms with van der Waals surface area (Å²) in [5, 5.41) is 10.5. The second-order valence-electron chi connectivity index (χ2n) is 23.9. The zero-order valence-electron chi connectivity index (χ0n) is 54.4. The van der Waals surface area contributed by atoms with E-state index in [4.69, 9.17) is 37.0 Å². The normalized spacial score (nSPS) is 14.8. The van der Waals surface area contributed by atoms with Crippen molar-refractivity contribution in [3.05, 3.63) is 24.3 Å². The summed E-state index contributed by atoms with van der Waals surface area (Å²) >= 11 is 0. The summed E-state index contributed by atoms with van der Waals surface area (Å²) in [5.41, 5.74) is 0. The quantitative estimate of drug-likeness (QED) is 0.0169. The number of allylic oxidation sites excluding steroid dienone is 4. The van der Waals surface area contributed by atoms with Crippen molar-refractivity contribution in [3.8, 4) is 0 Å². The van der Waals surface area contributed by atoms with Crippen LogP contribution in [0.1, 0.15) is 305 Å². The number of carbonyl (C=O) groups is 4. The van der Waals surface area contributed by atoms with Gasteiger partial charge in [0, 0.05) is 25.7 Å². The molecule has 0 saturated carbocycles. The van der Waals surface area contributed by atoms with Gasteiger partial charge in [0.05, 0.1) is 26.4 Å². The number of carbonyl (C=O) groups excluding carboxylic acids is 4. The Labute approximate surface area is 516 Å². The van der Waals surface area contributed by atoms with Gasteiger partial charge in [-0.2, -0.15) is 0 Å². The molecule has 3 unspecified atom stereocenters. The maximum absolute atomic E-state index is 13.0. The average molecular weight is 1250 g/mol. The van der Waals surface area contributed by atoms with E-state index < -0.39 is 97.5 Å². The smallest absolute Gasteiger partial charge is 0.462 e. The molecule has 0 spiro atoms. The van der Waals surface area contributed by atoms with Crippen molar-refractivity contribution < 1.29 is 80.2 Å². The maximum Gasteiger partial charge on any atom is 0.472 e. The average Bonchev–Trinajstić information content (AvgIpc) is 3.51. The third kappa shape index (κ3) is 59.0. The molecular formula is C66H124O17P2. The van der Waals surface area contributed by atoms with Gasteiger partial charge in [-0.05, 0) is 63.2 Å². The molecule has 19 heteroatoms. The number of aliphatic hydroxyl groups is 1. The molecule has 3 N–H and O–H groups in total. The second-order valence-corrected chi connectivity index (χ2v) is 26.8. The van der Waals surface area contributed by atoms with Crippen LogP contribution in [0, 0.1) is 11.8 Å². The predicted octanol–water partition coefficient (Wildman–Crippen LogP) is 18.0. The summed E-state index contributed by atoms with van der Waals surface area (Å²) in [5.74, 6) is -0.650. The van der Waals surface area contributed by atoms with Crippen molar-refractivity contribution in [1.29, 1.82) is 0 Å². The zero-order chi connectivity index (χ0) is 62.9. The lowest BCUT2D eigenvalue weighted by atomic mass is 9.99. The molecule has 17 nitrogen and oxygen atoms in total. The molecule has 0 aromatic carbocycles. The molecule has 0 fully saturated rings. The number of esters is 4. The van der Waals surface area contributed by atoms with Crippen LogP contribution in [0.5, 0.6) is 0 Å². The highest BCUT2D eigenvalue weighted by atomic mass is 31.2. The maximum atomic E-state index is 13.0. The van der Waals surface area contributed by atoms with Crippen LogP contribution in [0.25, 0.3) is 0 Å². The zero-order valence-corrected chi connectivity index (χ0v) is 56.2. The van der Waals surface area contributed by atoms with Crippen LogP contribution in [0.15, 0.2) is 24.3 Å². The topological polar surface area (TPSA) is 237 Å². The van der Waals surface area contributed by atoms with E-state index in [1.165, 1.54) is 103 Å². The third-order valence-corrected chi connectivity index (χ3v) is 16.8. The highest BCUT2D eigenvalue weighted by Crippen LogP contribution is 2.45. The van der Waals surface area contributed by atoms with Crippen LogP contribution in [0.2, 0.25) is 0 Å². The molecule has 0 amide bonds. The van der Waals surface area contributed by atoms with Gasteiger partial charge in [0.25, 0.3) is 0 Å². The standard InChI is InChI=1S/C66H124O17P2/c1-7-10-12-14-15-16-17-18-19-20-21-26-32-38-44-50-65(70)83-62(55-77-64(69)49-43-37-31-25-23-22-24-30-36-41-47-59(6)9-3)57-81-85(74,75)79-53-60(67)52-78-84(72,73)80-56-61(54-76-63(68)48-42-34-13-11-8-2)82-66(71)51-45-39-33-28-27-29-35-40-46-58(4)5/h16-19,58-62,67H,7-15,20-57H2,1-6H3,(H,72,73)(H,74,75)/b17-16-,19-18-/t59?,60-,61+,62+/m0/s1. The molecule has 0 saturated heterocycles. The highest BCUT2D eigenvalue weighted by molar-refractivity contribution is 7.47. The van der Waals surface area contributed by atoms with Crippen molar-refractivity contribution in [2.75, 3.05) is 39.6 Å². The number of phosphoric ester groups is 2. The molecule has 0 aromatic rings. The van der Waals surface area contributed by atoms with E-state index in [-0.39, 0.29) is 25.7 Å². The molecule has 6 atom stereocenters. The Hall–Kier alpha value is -2.46. The van der Waals surface area contributed by atoms with Crippen molar-refractivity contribution in [1.82, 2.24) is 0 Å². The van der Waals surface area contributed by atoms with Gasteiger partial charge < -0.3 is 33.8 Å². The Kier molecular flexibility index (Phi) is 56.3. The Balaban J connectivity index is 5.23. The SMILES string of the molecule is CCCCCC/C=C\C=C/CCCCCCCC(=O)O[C@H](COC(=O)CCCCCCCCCCCCC(C)CC)COP(=O)(O)OC[C@@H](O)COP(=O)(O)OC[C@@H](COC(=O)CCCCCCC)OC(=O)CCCCCCCCCCC(C)C. The molecule has 85 heavy (non-hydrogen) atoms. The largest absolute Gasteiger partial charge is 0.472 e. The van der Waals surface area contributed by atoms with Gasteiger partial charge in [-0.15, -0.1) is 0 Å². The molecule has 0 radical (unpaired) electrons. The fourth-order valence-electron chi connectivity index (χ4n) is 9.31. The van der Waals surface area contributed by atoms with Crippen LogP contribution in [0.3, 0.4) is 0 Å². The Bertz CT molecular complexity index is 1760. The van der Waals surface area contributed by atoms with Crippen LogP contribution in [0.4, 0.5) is 0 Å². The van der Waals surface area contributed by atoms with Crippen LogP contribution >= 0.6 is 15.6 Å². The van der Waals surface area contributed by atoms with E-state index in [2.05, 4.69) is 65.8 Å². The molecule has 0 aliphatic carbocycles. The van der Waals surface area contributed by atoms with Gasteiger partial charge >= 0.3 is 39.5 Å². The fraction of sp³-hybridized carbons (Fsp3) is 0.879. The summed E-state index contributed by atoms with van der Waals surface area (Å²) in [6.45, 7) is 9.34. The lowest BCUT2D eigenvalue weighted by Crippen LogP contribution is -2.30. The fourth-order valence-corrected chi connectivity index (χ4v) is 10.9. The predicted molar refractivity (Wildman–Crippen MR) is 340 cm³/mol. The number of rotatable bonds is 63. The van der Waals surface area contributed by atoms with E-state index in [0.717, 1.165) is 121 Å². The third-order valence-electron chi connectivity index (χ3n) is 14.9. The van der Waals surface area contributed by atoms with Gasteiger partial charge in [0.15, 0.2) is 12.2 Å². The molecule has 0 bridgehead atoms. The first kappa shape index (κ1) is 82.5. The van der Waals surface area contributed by atoms with Gasteiger partial charge in [0.2, 0.25) is 0 Å². The van der Waals surface area contributed by atoms with Gasteiger partial charge in [-0.25, -0.2) is 9.13 Å². The molecule has 0 aromatic heterocycles. The molecule has 0 rings (SSSR count). The van der Waals surface area contributed by atoms with Crippen molar-refractivity contribution in [3.63, 3.8) is 0 Å². The van der Waals surface area contributed by atoms with Gasteiger partial charge in [0.1, 0.15) is 19.3 Å². The molecule has 0 aliphatic rings. The summed E-state index contributed by atoms with van der Waals surface area (Å²) in [6, 6.07) is 0. The van der Waals surface area contributed by atoms with Crippen molar-refractivity contribution in [2.24, 2.45) is 11.8 Å². The minimum atomic E-state index is -4.95. The van der Waals surface area contributed by atoms with E-state index in [9.17, 15) is 43.2 Å². The number of unbranched alkanes of at least 4 members (excludes halogenated alkanes) is 29. The van der Waals surface area contributed by atoms with Crippen LogP contribution in [-0.2, 0) is 65.4 Å². The minimum Gasteiger partial charge on any atom is -0.462 e.